The summed E-state index contributed by atoms with van der Waals surface area (Å²) in [6.45, 7) is 10.4. The van der Waals surface area contributed by atoms with Crippen LogP contribution in [0.3, 0.4) is 0 Å². The van der Waals surface area contributed by atoms with Crippen LogP contribution in [0.25, 0.3) is 11.0 Å². The fourth-order valence-electron chi connectivity index (χ4n) is 7.13. The second kappa shape index (κ2) is 27.9. The monoisotopic (exact) mass is 957 g/mol. The number of benzene rings is 1. The number of piperazine rings is 1. The Labute approximate surface area is 394 Å². The maximum atomic E-state index is 12.8. The highest BCUT2D eigenvalue weighted by molar-refractivity contribution is 8.00. The molecule has 1 unspecified atom stereocenters. The number of aliphatic carboxylic acids is 2. The first-order valence-corrected chi connectivity index (χ1v) is 23.6. The van der Waals surface area contributed by atoms with E-state index in [4.69, 9.17) is 35.5 Å². The summed E-state index contributed by atoms with van der Waals surface area (Å²) in [6, 6.07) is 6.97. The van der Waals surface area contributed by atoms with Crippen LogP contribution in [0.15, 0.2) is 42.4 Å². The molecule has 1 aromatic carbocycles. The van der Waals surface area contributed by atoms with E-state index in [9.17, 15) is 24.3 Å². The van der Waals surface area contributed by atoms with Gasteiger partial charge in [0.25, 0.3) is 0 Å². The van der Waals surface area contributed by atoms with E-state index in [0.29, 0.717) is 78.1 Å². The van der Waals surface area contributed by atoms with Crippen molar-refractivity contribution in [1.29, 1.82) is 0 Å². The molecule has 24 heteroatoms. The Hall–Kier alpha value is -5.63. The van der Waals surface area contributed by atoms with E-state index in [1.165, 1.54) is 0 Å². The first-order valence-electron chi connectivity index (χ1n) is 22.5. The van der Waals surface area contributed by atoms with E-state index in [0.717, 1.165) is 90.9 Å². The molecular weight excluding hydrogens is 891 g/mol. The molecule has 0 saturated carbocycles. The third kappa shape index (κ3) is 17.5. The maximum absolute atomic E-state index is 12.8. The van der Waals surface area contributed by atoms with Gasteiger partial charge >= 0.3 is 18.0 Å². The van der Waals surface area contributed by atoms with Gasteiger partial charge in [0.05, 0.1) is 77.6 Å². The topological polar surface area (TPSA) is 298 Å². The van der Waals surface area contributed by atoms with E-state index in [-0.39, 0.29) is 30.7 Å². The Morgan fingerprint density at radius 1 is 0.910 bits per heavy atom. The molecule has 0 spiro atoms. The number of hydrogen-bond acceptors (Lipinski definition) is 18. The number of nitrogen functional groups attached to an aromatic ring is 1. The number of carbonyl (C=O) groups excluding carboxylic acids is 2. The molecule has 5 rings (SSSR count). The fourth-order valence-corrected chi connectivity index (χ4v) is 8.12. The largest absolute Gasteiger partial charge is 0.496 e. The van der Waals surface area contributed by atoms with Crippen molar-refractivity contribution in [2.45, 2.75) is 57.0 Å². The molecule has 370 valence electrons. The van der Waals surface area contributed by atoms with Crippen molar-refractivity contribution < 1.29 is 48.3 Å². The average Bonchev–Trinajstić information content (AvgIpc) is 3.95. The Morgan fingerprint density at radius 2 is 1.66 bits per heavy atom. The lowest BCUT2D eigenvalue weighted by molar-refractivity contribution is -0.139. The minimum absolute atomic E-state index is 0.106. The molecular formula is C43H67N13O10S. The van der Waals surface area contributed by atoms with Gasteiger partial charge in [0.2, 0.25) is 11.9 Å². The van der Waals surface area contributed by atoms with Crippen molar-refractivity contribution in [3.8, 4) is 5.75 Å². The third-order valence-electron chi connectivity index (χ3n) is 10.8. The van der Waals surface area contributed by atoms with Gasteiger partial charge in [0.1, 0.15) is 22.6 Å². The quantitative estimate of drug-likeness (QED) is 0.0404. The number of nitrogens with one attached hydrogen (secondary N) is 5. The third-order valence-corrected chi connectivity index (χ3v) is 12.1. The normalized spacial score (nSPS) is 14.9. The van der Waals surface area contributed by atoms with E-state index in [2.05, 4.69) is 71.5 Å². The van der Waals surface area contributed by atoms with Crippen molar-refractivity contribution in [3.05, 3.63) is 53.5 Å². The van der Waals surface area contributed by atoms with Gasteiger partial charge in [-0.15, -0.1) is 17.3 Å². The predicted octanol–water partition coefficient (Wildman–Crippen LogP) is 0.820. The smallest absolute Gasteiger partial charge is 0.321 e. The number of methoxy groups -OCH3 is 1. The first-order chi connectivity index (χ1) is 32.4. The number of urea groups is 1. The molecule has 4 heterocycles. The van der Waals surface area contributed by atoms with Gasteiger partial charge in [-0.3, -0.25) is 24.3 Å². The molecule has 2 aliphatic heterocycles. The second-order valence-corrected chi connectivity index (χ2v) is 17.1. The number of thioether (sulfide) groups is 1. The van der Waals surface area contributed by atoms with Gasteiger partial charge in [-0.05, 0) is 24.1 Å². The summed E-state index contributed by atoms with van der Waals surface area (Å²) in [5.41, 5.74) is 21.8. The molecule has 23 nitrogen and oxygen atoms in total. The highest BCUT2D eigenvalue weighted by atomic mass is 32.2. The molecule has 2 atom stereocenters. The van der Waals surface area contributed by atoms with Crippen LogP contribution in [0.5, 0.6) is 5.75 Å². The Balaban J connectivity index is 0.875. The lowest BCUT2D eigenvalue weighted by Crippen LogP contribution is -2.51. The molecule has 3 aromatic rings. The van der Waals surface area contributed by atoms with Crippen LogP contribution in [-0.4, -0.2) is 180 Å². The summed E-state index contributed by atoms with van der Waals surface area (Å²) >= 11 is 0.814. The number of anilines is 2. The number of hydrogen-bond donors (Lipinski definition) is 9. The van der Waals surface area contributed by atoms with Crippen molar-refractivity contribution in [2.75, 3.05) is 116 Å². The second-order valence-electron chi connectivity index (χ2n) is 15.9. The average molecular weight is 958 g/mol. The van der Waals surface area contributed by atoms with Crippen molar-refractivity contribution in [2.24, 2.45) is 5.73 Å². The number of carboxylic acid groups (broad SMARTS) is 2. The number of nitrogens with two attached hydrogens (primary N) is 2. The Bertz CT molecular complexity index is 2090. The molecule has 1 fully saturated rings. The van der Waals surface area contributed by atoms with E-state index < -0.39 is 29.1 Å². The van der Waals surface area contributed by atoms with Crippen LogP contribution in [0, 0.1) is 0 Å². The minimum atomic E-state index is -1.24. The van der Waals surface area contributed by atoms with Crippen LogP contribution >= 0.6 is 11.8 Å². The fraction of sp³-hybridized carbons (Fsp3) is 0.581. The van der Waals surface area contributed by atoms with Gasteiger partial charge in [-0.25, -0.2) is 9.78 Å². The molecule has 2 aromatic heterocycles. The highest BCUT2D eigenvalue weighted by Gasteiger charge is 2.25. The maximum Gasteiger partial charge on any atom is 0.321 e. The van der Waals surface area contributed by atoms with Crippen molar-refractivity contribution in [1.82, 2.24) is 50.9 Å². The summed E-state index contributed by atoms with van der Waals surface area (Å²) in [4.78, 5) is 60.6. The van der Waals surface area contributed by atoms with E-state index >= 15 is 0 Å². The number of carboxylic acids is 2. The van der Waals surface area contributed by atoms with Gasteiger partial charge in [-0.2, -0.15) is 4.98 Å². The predicted molar refractivity (Wildman–Crippen MR) is 253 cm³/mol. The molecule has 67 heavy (non-hydrogen) atoms. The number of carbonyl (C=O) groups is 4. The zero-order valence-electron chi connectivity index (χ0n) is 38.4. The van der Waals surface area contributed by atoms with Crippen molar-refractivity contribution in [3.63, 3.8) is 0 Å². The number of amides is 3. The number of ether oxygens (including phenoxy) is 4. The van der Waals surface area contributed by atoms with Gasteiger partial charge in [0, 0.05) is 75.9 Å². The summed E-state index contributed by atoms with van der Waals surface area (Å²) in [5.74, 6) is -1.29. The van der Waals surface area contributed by atoms with Crippen molar-refractivity contribution >= 4 is 58.4 Å². The zero-order chi connectivity index (χ0) is 48.0. The van der Waals surface area contributed by atoms with Crippen LogP contribution in [-0.2, 0) is 41.7 Å². The molecule has 1 saturated heterocycles. The molecule has 0 aliphatic carbocycles. The number of rotatable bonds is 31. The molecule has 0 bridgehead atoms. The van der Waals surface area contributed by atoms with Crippen LogP contribution in [0.1, 0.15) is 43.7 Å². The highest BCUT2D eigenvalue weighted by Crippen LogP contribution is 2.28. The van der Waals surface area contributed by atoms with Gasteiger partial charge < -0.3 is 71.5 Å². The van der Waals surface area contributed by atoms with E-state index in [1.54, 1.807) is 18.3 Å². The van der Waals surface area contributed by atoms with E-state index in [1.807, 2.05) is 17.2 Å². The standard InChI is InChI=1S/C43H67N13O10S/c1-3-4-5-9-46-39-38-34(49-42(45)50-39)8-11-55(38)27-31-7-6-30(23-35(31)63-2)26-53-12-14-54(15-13-53)43(62)47-10-17-64-19-21-66-22-20-65-18-16-56-28-32(51-52-56)25-48-37(57)24-36(41(60)61)67-29-33(44)40(58)59/h6-8,11,23,28,33,36,51-52H,3-5,9-10,12-22,24-27,29,44H2,1-2H3,(H,47,62)(H,48,57)(H,58,59)(H,60,61)(H3,45,46,49,50)/t33-,36?/m0/s1. The van der Waals surface area contributed by atoms with Crippen LogP contribution in [0.2, 0.25) is 0 Å². The summed E-state index contributed by atoms with van der Waals surface area (Å²) in [6.07, 6.45) is 6.76. The summed E-state index contributed by atoms with van der Waals surface area (Å²) in [5, 5.41) is 27.9. The number of hydrazine groups is 2. The molecule has 11 N–H and O–H groups in total. The summed E-state index contributed by atoms with van der Waals surface area (Å²) < 4.78 is 24.8. The Morgan fingerprint density at radius 3 is 2.37 bits per heavy atom. The molecule has 2 aliphatic rings. The number of fused-ring (bicyclic) bond motifs is 1. The van der Waals surface area contributed by atoms with Crippen LogP contribution in [0.4, 0.5) is 16.6 Å². The van der Waals surface area contributed by atoms with Gasteiger partial charge in [0.15, 0.2) is 5.82 Å². The molecule has 3 amide bonds. The van der Waals surface area contributed by atoms with Crippen LogP contribution < -0.4 is 43.1 Å². The summed E-state index contributed by atoms with van der Waals surface area (Å²) in [7, 11) is 1.69. The SMILES string of the molecule is CCCCCNc1nc(N)nc2ccn(Cc3ccc(CN4CCN(C(=O)NCCOCCOCCOCCN5C=C(CNC(=O)CC(SC[C@H](N)C(=O)O)C(=O)O)NN5)CC4)cc3OC)c12. The number of unbranched alkanes of at least 4 members (excludes halogenated alkanes) is 2. The first kappa shape index (κ1) is 52.3. The lowest BCUT2D eigenvalue weighted by Gasteiger charge is -2.34. The minimum Gasteiger partial charge on any atom is -0.496 e. The molecule has 0 radical (unpaired) electrons. The number of nitrogens with zero attached hydrogens (tertiary/aromatic N) is 6. The number of aromatic nitrogens is 3. The lowest BCUT2D eigenvalue weighted by atomic mass is 10.1. The Kier molecular flexibility index (Phi) is 21.8. The van der Waals surface area contributed by atoms with Gasteiger partial charge in [-0.1, -0.05) is 31.9 Å². The zero-order valence-corrected chi connectivity index (χ0v) is 39.2.